The van der Waals surface area contributed by atoms with Crippen molar-refractivity contribution in [2.75, 3.05) is 52.5 Å². The molecule has 0 aromatic heterocycles. The Hall–Kier alpha value is -0.690. The first-order valence-electron chi connectivity index (χ1n) is 8.84. The van der Waals surface area contributed by atoms with Crippen LogP contribution in [0.1, 0.15) is 33.6 Å². The zero-order chi connectivity index (χ0) is 16.9. The lowest BCUT2D eigenvalue weighted by Crippen LogP contribution is -2.53. The predicted molar refractivity (Wildman–Crippen MR) is 90.3 cm³/mol. The molecule has 0 unspecified atom stereocenters. The van der Waals surface area contributed by atoms with Crippen molar-refractivity contribution in [3.63, 3.8) is 0 Å². The summed E-state index contributed by atoms with van der Waals surface area (Å²) < 4.78 is 5.31. The third-order valence-electron chi connectivity index (χ3n) is 4.85. The fraction of sp³-hybridized carbons (Fsp3) is 0.941. The summed E-state index contributed by atoms with van der Waals surface area (Å²) in [5.74, 6) is 0.125. The lowest BCUT2D eigenvalue weighted by atomic mass is 9.89. The minimum Gasteiger partial charge on any atom is -0.391 e. The molecule has 134 valence electrons. The van der Waals surface area contributed by atoms with Crippen molar-refractivity contribution in [3.05, 3.63) is 0 Å². The molecule has 2 saturated heterocycles. The molecule has 0 saturated carbocycles. The maximum Gasteiger partial charge on any atom is 0.234 e. The molecule has 0 aromatic carbocycles. The maximum atomic E-state index is 12.1. The maximum absolute atomic E-state index is 12.1. The highest BCUT2D eigenvalue weighted by Gasteiger charge is 2.27. The number of amides is 1. The molecule has 6 nitrogen and oxygen atoms in total. The predicted octanol–water partition coefficient (Wildman–Crippen LogP) is 0.306. The second kappa shape index (κ2) is 8.42. The number of nitrogens with one attached hydrogen (secondary N) is 1. The van der Waals surface area contributed by atoms with Crippen LogP contribution in [0.4, 0.5) is 0 Å². The fourth-order valence-electron chi connectivity index (χ4n) is 2.97. The van der Waals surface area contributed by atoms with Crippen LogP contribution >= 0.6 is 0 Å². The number of hydrogen-bond donors (Lipinski definition) is 2. The van der Waals surface area contributed by atoms with E-state index in [4.69, 9.17) is 4.74 Å². The Kier molecular flexibility index (Phi) is 6.83. The van der Waals surface area contributed by atoms with E-state index in [0.29, 0.717) is 13.1 Å². The summed E-state index contributed by atoms with van der Waals surface area (Å²) in [6.45, 7) is 12.5. The largest absolute Gasteiger partial charge is 0.391 e. The van der Waals surface area contributed by atoms with Gasteiger partial charge in [-0.05, 0) is 18.3 Å². The fourth-order valence-corrected chi connectivity index (χ4v) is 2.97. The van der Waals surface area contributed by atoms with E-state index in [0.717, 1.165) is 52.2 Å². The Morgan fingerprint density at radius 3 is 2.30 bits per heavy atom. The highest BCUT2D eigenvalue weighted by Crippen LogP contribution is 2.20. The van der Waals surface area contributed by atoms with Crippen LogP contribution in [0.5, 0.6) is 0 Å². The third-order valence-corrected chi connectivity index (χ3v) is 4.85. The first kappa shape index (κ1) is 18.6. The molecule has 0 aromatic rings. The van der Waals surface area contributed by atoms with Crippen molar-refractivity contribution in [1.29, 1.82) is 0 Å². The van der Waals surface area contributed by atoms with E-state index < -0.39 is 0 Å². The van der Waals surface area contributed by atoms with Crippen LogP contribution < -0.4 is 5.32 Å². The minimum atomic E-state index is -0.314. The Labute approximate surface area is 140 Å². The number of aliphatic hydroxyl groups is 1. The number of nitrogens with zero attached hydrogens (tertiary/aromatic N) is 2. The monoisotopic (exact) mass is 327 g/mol. The summed E-state index contributed by atoms with van der Waals surface area (Å²) in [5, 5.41) is 13.3. The molecule has 2 fully saturated rings. The Morgan fingerprint density at radius 1 is 1.17 bits per heavy atom. The zero-order valence-corrected chi connectivity index (χ0v) is 14.9. The Morgan fingerprint density at radius 2 is 1.74 bits per heavy atom. The number of hydrogen-bond acceptors (Lipinski definition) is 5. The van der Waals surface area contributed by atoms with E-state index in [1.165, 1.54) is 0 Å². The number of ether oxygens (including phenoxy) is 1. The van der Waals surface area contributed by atoms with Gasteiger partial charge < -0.3 is 15.2 Å². The van der Waals surface area contributed by atoms with Crippen LogP contribution in [0.3, 0.4) is 0 Å². The normalized spacial score (nSPS) is 23.7. The van der Waals surface area contributed by atoms with Crippen LogP contribution in [0.25, 0.3) is 0 Å². The molecule has 0 bridgehead atoms. The molecule has 23 heavy (non-hydrogen) atoms. The van der Waals surface area contributed by atoms with Gasteiger partial charge in [0.25, 0.3) is 0 Å². The lowest BCUT2D eigenvalue weighted by molar-refractivity contribution is -0.124. The molecule has 2 rings (SSSR count). The van der Waals surface area contributed by atoms with E-state index in [1.807, 2.05) is 0 Å². The third kappa shape index (κ3) is 6.37. The molecule has 6 heteroatoms. The Balaban J connectivity index is 1.65. The molecular formula is C17H33N3O3. The van der Waals surface area contributed by atoms with Crippen molar-refractivity contribution >= 4 is 5.91 Å². The second-order valence-corrected chi connectivity index (χ2v) is 7.91. The molecule has 0 radical (unpaired) electrons. The van der Waals surface area contributed by atoms with Crippen molar-refractivity contribution in [3.8, 4) is 0 Å². The van der Waals surface area contributed by atoms with Gasteiger partial charge in [0.15, 0.2) is 0 Å². The smallest absolute Gasteiger partial charge is 0.234 e. The van der Waals surface area contributed by atoms with E-state index in [-0.39, 0.29) is 23.5 Å². The van der Waals surface area contributed by atoms with Gasteiger partial charge in [0.2, 0.25) is 5.91 Å². The van der Waals surface area contributed by atoms with E-state index in [9.17, 15) is 9.90 Å². The van der Waals surface area contributed by atoms with E-state index in [2.05, 4.69) is 35.9 Å². The van der Waals surface area contributed by atoms with E-state index >= 15 is 0 Å². The Bertz CT molecular complexity index is 370. The summed E-state index contributed by atoms with van der Waals surface area (Å²) in [6.07, 6.45) is 1.53. The molecular weight excluding hydrogens is 294 g/mol. The average molecular weight is 327 g/mol. The summed E-state index contributed by atoms with van der Waals surface area (Å²) in [5.41, 5.74) is -0.0826. The standard InChI is InChI=1S/C17H33N3O3/c1-17(2,3)15(21)12-19-6-8-20(9-7-19)13-16(22)18-14-4-10-23-11-5-14/h14-15,21H,4-13H2,1-3H3,(H,18,22)/t15-/m1/s1. The van der Waals surface area contributed by atoms with Crippen LogP contribution in [-0.4, -0.2) is 85.4 Å². The highest BCUT2D eigenvalue weighted by molar-refractivity contribution is 5.78. The van der Waals surface area contributed by atoms with Gasteiger partial charge >= 0.3 is 0 Å². The lowest BCUT2D eigenvalue weighted by Gasteiger charge is -2.37. The molecule has 2 heterocycles. The number of carbonyl (C=O) groups excluding carboxylic acids is 1. The van der Waals surface area contributed by atoms with Crippen LogP contribution in [0.2, 0.25) is 0 Å². The van der Waals surface area contributed by atoms with Crippen molar-refractivity contribution in [2.45, 2.75) is 45.8 Å². The number of piperazine rings is 1. The number of β-amino-alcohol motifs (C(OH)–C–C–N with tert-alkyl or cyclic N) is 1. The second-order valence-electron chi connectivity index (χ2n) is 7.91. The van der Waals surface area contributed by atoms with Crippen molar-refractivity contribution < 1.29 is 14.6 Å². The van der Waals surface area contributed by atoms with Gasteiger partial charge in [0.05, 0.1) is 12.6 Å². The molecule has 2 aliphatic rings. The average Bonchev–Trinajstić information content (AvgIpc) is 2.49. The van der Waals surface area contributed by atoms with Crippen LogP contribution in [-0.2, 0) is 9.53 Å². The van der Waals surface area contributed by atoms with Gasteiger partial charge in [0, 0.05) is 52.0 Å². The number of aliphatic hydroxyl groups excluding tert-OH is 1. The van der Waals surface area contributed by atoms with Crippen LogP contribution in [0, 0.1) is 5.41 Å². The topological polar surface area (TPSA) is 65.0 Å². The van der Waals surface area contributed by atoms with Gasteiger partial charge in [-0.25, -0.2) is 0 Å². The zero-order valence-electron chi connectivity index (χ0n) is 14.9. The first-order valence-corrected chi connectivity index (χ1v) is 8.84. The summed E-state index contributed by atoms with van der Waals surface area (Å²) >= 11 is 0. The SMILES string of the molecule is CC(C)(C)[C@H](O)CN1CCN(CC(=O)NC2CCOCC2)CC1. The van der Waals surface area contributed by atoms with Crippen LogP contribution in [0.15, 0.2) is 0 Å². The van der Waals surface area contributed by atoms with Gasteiger partial charge in [0.1, 0.15) is 0 Å². The molecule has 0 aliphatic carbocycles. The first-order chi connectivity index (χ1) is 10.8. The molecule has 2 aliphatic heterocycles. The van der Waals surface area contributed by atoms with Crippen molar-refractivity contribution in [2.24, 2.45) is 5.41 Å². The van der Waals surface area contributed by atoms with Gasteiger partial charge in [-0.2, -0.15) is 0 Å². The van der Waals surface area contributed by atoms with Crippen molar-refractivity contribution in [1.82, 2.24) is 15.1 Å². The van der Waals surface area contributed by atoms with Gasteiger partial charge in [-0.15, -0.1) is 0 Å². The van der Waals surface area contributed by atoms with E-state index in [1.54, 1.807) is 0 Å². The van der Waals surface area contributed by atoms with Gasteiger partial charge in [-0.1, -0.05) is 20.8 Å². The minimum absolute atomic E-state index is 0.0826. The summed E-state index contributed by atoms with van der Waals surface area (Å²) in [6, 6.07) is 0.277. The quantitative estimate of drug-likeness (QED) is 0.761. The van der Waals surface area contributed by atoms with Gasteiger partial charge in [-0.3, -0.25) is 14.6 Å². The summed E-state index contributed by atoms with van der Waals surface area (Å²) in [4.78, 5) is 16.6. The summed E-state index contributed by atoms with van der Waals surface area (Å²) in [7, 11) is 0. The molecule has 1 atom stereocenters. The molecule has 2 N–H and O–H groups in total. The number of rotatable bonds is 5. The highest BCUT2D eigenvalue weighted by atomic mass is 16.5. The number of carbonyl (C=O) groups is 1. The molecule has 0 spiro atoms. The molecule has 1 amide bonds.